The summed E-state index contributed by atoms with van der Waals surface area (Å²) in [6.07, 6.45) is 4.20. The van der Waals surface area contributed by atoms with Crippen LogP contribution in [0, 0.1) is 0 Å². The zero-order valence-electron chi connectivity index (χ0n) is 11.3. The van der Waals surface area contributed by atoms with Gasteiger partial charge in [-0.2, -0.15) is 4.98 Å². The first-order chi connectivity index (χ1) is 9.88. The molecule has 0 spiro atoms. The molecule has 4 rings (SSSR count). The number of hydrogen-bond donors (Lipinski definition) is 1. The van der Waals surface area contributed by atoms with Crippen molar-refractivity contribution < 1.29 is 9.26 Å². The molecule has 1 saturated heterocycles. The lowest BCUT2D eigenvalue weighted by Gasteiger charge is -2.04. The minimum absolute atomic E-state index is 0.483. The number of benzene rings is 1. The van der Waals surface area contributed by atoms with Crippen molar-refractivity contribution in [2.75, 3.05) is 13.2 Å². The van der Waals surface area contributed by atoms with Crippen molar-refractivity contribution in [1.29, 1.82) is 0 Å². The van der Waals surface area contributed by atoms with Gasteiger partial charge in [-0.25, -0.2) is 0 Å². The first kappa shape index (κ1) is 11.9. The molecule has 1 aromatic heterocycles. The van der Waals surface area contributed by atoms with Crippen molar-refractivity contribution in [3.8, 4) is 17.1 Å². The quantitative estimate of drug-likeness (QED) is 0.924. The van der Waals surface area contributed by atoms with Crippen LogP contribution in [0.3, 0.4) is 0 Å². The summed E-state index contributed by atoms with van der Waals surface area (Å²) in [5, 5.41) is 7.54. The molecular formula is C15H17N3O2. The molecule has 20 heavy (non-hydrogen) atoms. The summed E-state index contributed by atoms with van der Waals surface area (Å²) >= 11 is 0. The molecule has 1 aromatic carbocycles. The average molecular weight is 271 g/mol. The molecule has 0 saturated carbocycles. The van der Waals surface area contributed by atoms with Crippen molar-refractivity contribution in [2.45, 2.75) is 31.7 Å². The van der Waals surface area contributed by atoms with Crippen LogP contribution in [0.5, 0.6) is 5.75 Å². The van der Waals surface area contributed by atoms with Gasteiger partial charge in [-0.05, 0) is 43.1 Å². The van der Waals surface area contributed by atoms with E-state index >= 15 is 0 Å². The Morgan fingerprint density at radius 1 is 1.35 bits per heavy atom. The van der Waals surface area contributed by atoms with Crippen LogP contribution >= 0.6 is 0 Å². The summed E-state index contributed by atoms with van der Waals surface area (Å²) in [4.78, 5) is 4.51. The van der Waals surface area contributed by atoms with Gasteiger partial charge in [0.1, 0.15) is 5.75 Å². The third kappa shape index (κ3) is 2.18. The second-order valence-electron chi connectivity index (χ2n) is 5.43. The van der Waals surface area contributed by atoms with E-state index in [0.29, 0.717) is 11.9 Å². The van der Waals surface area contributed by atoms with Gasteiger partial charge in [0.15, 0.2) is 0 Å². The van der Waals surface area contributed by atoms with Crippen LogP contribution in [0.15, 0.2) is 22.7 Å². The molecular weight excluding hydrogens is 254 g/mol. The number of fused-ring (bicyclic) bond motifs is 1. The lowest BCUT2D eigenvalue weighted by atomic mass is 10.1. The minimum atomic E-state index is 0.483. The lowest BCUT2D eigenvalue weighted by molar-refractivity contribution is 0.357. The molecule has 0 amide bonds. The molecule has 3 heterocycles. The van der Waals surface area contributed by atoms with Crippen LogP contribution in [-0.4, -0.2) is 29.3 Å². The standard InChI is InChI=1S/C15H17N3O2/c1-2-12(16-6-1)9-14-17-15(18-20-14)11-3-4-13-10(8-11)5-7-19-13/h3-4,8,12,16H,1-2,5-7,9H2. The van der Waals surface area contributed by atoms with Crippen LogP contribution < -0.4 is 10.1 Å². The van der Waals surface area contributed by atoms with E-state index in [-0.39, 0.29) is 0 Å². The fourth-order valence-corrected chi connectivity index (χ4v) is 2.92. The van der Waals surface area contributed by atoms with Gasteiger partial charge in [0, 0.05) is 24.4 Å². The van der Waals surface area contributed by atoms with E-state index in [1.54, 1.807) is 0 Å². The Kier molecular flexibility index (Phi) is 2.92. The molecule has 1 unspecified atom stereocenters. The largest absolute Gasteiger partial charge is 0.493 e. The molecule has 1 atom stereocenters. The molecule has 2 aliphatic rings. The molecule has 5 heteroatoms. The number of hydrogen-bond acceptors (Lipinski definition) is 5. The summed E-state index contributed by atoms with van der Waals surface area (Å²) < 4.78 is 10.9. The predicted molar refractivity (Wildman–Crippen MR) is 73.7 cm³/mol. The topological polar surface area (TPSA) is 60.2 Å². The van der Waals surface area contributed by atoms with Crippen molar-refractivity contribution in [3.63, 3.8) is 0 Å². The van der Waals surface area contributed by atoms with Crippen molar-refractivity contribution in [1.82, 2.24) is 15.5 Å². The van der Waals surface area contributed by atoms with E-state index in [2.05, 4.69) is 21.5 Å². The fraction of sp³-hybridized carbons (Fsp3) is 0.467. The zero-order valence-corrected chi connectivity index (χ0v) is 11.3. The second-order valence-corrected chi connectivity index (χ2v) is 5.43. The van der Waals surface area contributed by atoms with Gasteiger partial charge in [0.05, 0.1) is 6.61 Å². The van der Waals surface area contributed by atoms with Gasteiger partial charge >= 0.3 is 0 Å². The van der Waals surface area contributed by atoms with Gasteiger partial charge in [0.25, 0.3) is 0 Å². The molecule has 2 aliphatic heterocycles. The van der Waals surface area contributed by atoms with Crippen LogP contribution in [0.4, 0.5) is 0 Å². The molecule has 1 fully saturated rings. The Labute approximate surface area is 117 Å². The molecule has 1 N–H and O–H groups in total. The van der Waals surface area contributed by atoms with Crippen LogP contribution in [0.25, 0.3) is 11.4 Å². The van der Waals surface area contributed by atoms with Gasteiger partial charge in [-0.3, -0.25) is 0 Å². The fourth-order valence-electron chi connectivity index (χ4n) is 2.92. The number of nitrogens with one attached hydrogen (secondary N) is 1. The maximum atomic E-state index is 5.51. The summed E-state index contributed by atoms with van der Waals surface area (Å²) in [5.41, 5.74) is 2.23. The average Bonchev–Trinajstić information content (AvgIpc) is 3.19. The normalized spacial score (nSPS) is 20.9. The SMILES string of the molecule is c1cc2c(cc1-c1noc(CC3CCCN3)n1)CCO2. The van der Waals surface area contributed by atoms with Crippen molar-refractivity contribution >= 4 is 0 Å². The first-order valence-corrected chi connectivity index (χ1v) is 7.20. The maximum absolute atomic E-state index is 5.51. The maximum Gasteiger partial charge on any atom is 0.228 e. The van der Waals surface area contributed by atoms with E-state index in [0.717, 1.165) is 43.2 Å². The Hall–Kier alpha value is -1.88. The minimum Gasteiger partial charge on any atom is -0.493 e. The van der Waals surface area contributed by atoms with E-state index in [4.69, 9.17) is 9.26 Å². The number of rotatable bonds is 3. The third-order valence-corrected chi connectivity index (χ3v) is 4.00. The van der Waals surface area contributed by atoms with Crippen molar-refractivity contribution in [3.05, 3.63) is 29.7 Å². The van der Waals surface area contributed by atoms with Gasteiger partial charge < -0.3 is 14.6 Å². The van der Waals surface area contributed by atoms with E-state index in [9.17, 15) is 0 Å². The third-order valence-electron chi connectivity index (χ3n) is 4.00. The zero-order chi connectivity index (χ0) is 13.4. The van der Waals surface area contributed by atoms with Gasteiger partial charge in [0.2, 0.25) is 11.7 Å². The first-order valence-electron chi connectivity index (χ1n) is 7.20. The van der Waals surface area contributed by atoms with E-state index < -0.39 is 0 Å². The summed E-state index contributed by atoms with van der Waals surface area (Å²) in [6.45, 7) is 1.86. The number of ether oxygens (including phenoxy) is 1. The molecule has 104 valence electrons. The molecule has 0 aliphatic carbocycles. The molecule has 2 aromatic rings. The van der Waals surface area contributed by atoms with Crippen LogP contribution in [-0.2, 0) is 12.8 Å². The lowest BCUT2D eigenvalue weighted by Crippen LogP contribution is -2.23. The molecule has 5 nitrogen and oxygen atoms in total. The Balaban J connectivity index is 1.55. The highest BCUT2D eigenvalue weighted by atomic mass is 16.5. The molecule has 0 bridgehead atoms. The van der Waals surface area contributed by atoms with Crippen molar-refractivity contribution in [2.24, 2.45) is 0 Å². The highest BCUT2D eigenvalue weighted by Gasteiger charge is 2.19. The highest BCUT2D eigenvalue weighted by molar-refractivity contribution is 5.59. The van der Waals surface area contributed by atoms with E-state index in [1.165, 1.54) is 18.4 Å². The van der Waals surface area contributed by atoms with Crippen LogP contribution in [0.2, 0.25) is 0 Å². The van der Waals surface area contributed by atoms with E-state index in [1.807, 2.05) is 12.1 Å². The molecule has 0 radical (unpaired) electrons. The smallest absolute Gasteiger partial charge is 0.228 e. The summed E-state index contributed by atoms with van der Waals surface area (Å²) in [6, 6.07) is 6.57. The number of nitrogens with zero attached hydrogens (tertiary/aromatic N) is 2. The highest BCUT2D eigenvalue weighted by Crippen LogP contribution is 2.29. The Morgan fingerprint density at radius 2 is 2.35 bits per heavy atom. The predicted octanol–water partition coefficient (Wildman–Crippen LogP) is 1.97. The summed E-state index contributed by atoms with van der Waals surface area (Å²) in [7, 11) is 0. The number of aromatic nitrogens is 2. The second kappa shape index (κ2) is 4.90. The monoisotopic (exact) mass is 271 g/mol. The summed E-state index contributed by atoms with van der Waals surface area (Å²) in [5.74, 6) is 2.37. The Morgan fingerprint density at radius 3 is 3.25 bits per heavy atom. The van der Waals surface area contributed by atoms with Gasteiger partial charge in [-0.1, -0.05) is 5.16 Å². The Bertz CT molecular complexity index is 617. The van der Waals surface area contributed by atoms with Gasteiger partial charge in [-0.15, -0.1) is 0 Å². The van der Waals surface area contributed by atoms with Crippen LogP contribution in [0.1, 0.15) is 24.3 Å².